The third-order valence-corrected chi connectivity index (χ3v) is 5.17. The van der Waals surface area contributed by atoms with Gasteiger partial charge in [0.2, 0.25) is 0 Å². The number of thiocarbonyl (C=S) groups is 1. The largest absolute Gasteiger partial charge is 0.270 e. The minimum Gasteiger partial charge on any atom is -0.268 e. The van der Waals surface area contributed by atoms with Crippen LogP contribution in [-0.4, -0.2) is 10.2 Å². The number of amides is 1. The van der Waals surface area contributed by atoms with Gasteiger partial charge in [0.1, 0.15) is 5.82 Å². The van der Waals surface area contributed by atoms with Gasteiger partial charge in [0.15, 0.2) is 4.32 Å². The van der Waals surface area contributed by atoms with Gasteiger partial charge in [-0.05, 0) is 35.9 Å². The second kappa shape index (κ2) is 6.61. The van der Waals surface area contributed by atoms with Crippen LogP contribution < -0.4 is 4.90 Å². The maximum absolute atomic E-state index is 13.9. The first-order chi connectivity index (χ1) is 11.0. The predicted molar refractivity (Wildman–Crippen MR) is 98.5 cm³/mol. The Kier molecular flexibility index (Phi) is 4.73. The zero-order valence-corrected chi connectivity index (χ0v) is 14.6. The first-order valence-corrected chi connectivity index (χ1v) is 8.43. The molecule has 2 nitrogen and oxygen atoms in total. The lowest BCUT2D eigenvalue weighted by molar-refractivity contribution is -0.113. The number of para-hydroxylation sites is 1. The van der Waals surface area contributed by atoms with Crippen LogP contribution in [-0.2, 0) is 4.79 Å². The second-order valence-electron chi connectivity index (χ2n) is 4.64. The van der Waals surface area contributed by atoms with E-state index in [2.05, 4.69) is 0 Å². The molecule has 0 unspecified atom stereocenters. The molecule has 0 atom stereocenters. The Bertz CT molecular complexity index is 854. The van der Waals surface area contributed by atoms with Crippen LogP contribution >= 0.6 is 47.2 Å². The first-order valence-electron chi connectivity index (χ1n) is 6.45. The lowest BCUT2D eigenvalue weighted by Crippen LogP contribution is -2.28. The molecule has 1 aliphatic rings. The Morgan fingerprint density at radius 2 is 1.87 bits per heavy atom. The van der Waals surface area contributed by atoms with Gasteiger partial charge in [-0.15, -0.1) is 0 Å². The van der Waals surface area contributed by atoms with Gasteiger partial charge in [-0.2, -0.15) is 0 Å². The Morgan fingerprint density at radius 3 is 2.57 bits per heavy atom. The summed E-state index contributed by atoms with van der Waals surface area (Å²) in [6.07, 6.45) is 1.66. The number of rotatable bonds is 2. The zero-order chi connectivity index (χ0) is 16.6. The third-order valence-electron chi connectivity index (χ3n) is 3.13. The average Bonchev–Trinajstić information content (AvgIpc) is 2.78. The standard InChI is InChI=1S/C16H8Cl2FNOS2/c17-10-6-5-9(7-11(10)18)8-14-15(21)20(16(22)23-14)13-4-2-1-3-12(13)19/h1-8H/b14-8+. The van der Waals surface area contributed by atoms with Gasteiger partial charge in [0.25, 0.3) is 5.91 Å². The molecule has 116 valence electrons. The monoisotopic (exact) mass is 383 g/mol. The summed E-state index contributed by atoms with van der Waals surface area (Å²) < 4.78 is 14.2. The maximum atomic E-state index is 13.9. The van der Waals surface area contributed by atoms with Crippen LogP contribution in [0, 0.1) is 5.82 Å². The molecule has 2 aromatic rings. The van der Waals surface area contributed by atoms with Crippen molar-refractivity contribution < 1.29 is 9.18 Å². The summed E-state index contributed by atoms with van der Waals surface area (Å²) in [5, 5.41) is 0.827. The van der Waals surface area contributed by atoms with E-state index in [-0.39, 0.29) is 15.9 Å². The maximum Gasteiger partial charge on any atom is 0.270 e. The van der Waals surface area contributed by atoms with Crippen LogP contribution in [0.5, 0.6) is 0 Å². The molecule has 1 heterocycles. The van der Waals surface area contributed by atoms with Gasteiger partial charge < -0.3 is 0 Å². The van der Waals surface area contributed by atoms with E-state index >= 15 is 0 Å². The molecule has 0 bridgehead atoms. The minimum atomic E-state index is -0.500. The van der Waals surface area contributed by atoms with Crippen molar-refractivity contribution in [2.24, 2.45) is 0 Å². The molecule has 7 heteroatoms. The van der Waals surface area contributed by atoms with Gasteiger partial charge in [0.05, 0.1) is 20.6 Å². The number of hydrogen-bond donors (Lipinski definition) is 0. The van der Waals surface area contributed by atoms with E-state index in [4.69, 9.17) is 35.4 Å². The molecule has 1 aliphatic heterocycles. The first kappa shape index (κ1) is 16.5. The fourth-order valence-electron chi connectivity index (χ4n) is 2.06. The van der Waals surface area contributed by atoms with E-state index < -0.39 is 5.82 Å². The molecule has 0 spiro atoms. The molecular formula is C16H8Cl2FNOS2. The molecule has 1 amide bonds. The summed E-state index contributed by atoms with van der Waals surface area (Å²) in [7, 11) is 0. The van der Waals surface area contributed by atoms with Crippen molar-refractivity contribution in [3.8, 4) is 0 Å². The van der Waals surface area contributed by atoms with Crippen LogP contribution in [0.25, 0.3) is 6.08 Å². The summed E-state index contributed by atoms with van der Waals surface area (Å²) in [5.41, 5.74) is 0.862. The Balaban J connectivity index is 1.96. The molecular weight excluding hydrogens is 376 g/mol. The lowest BCUT2D eigenvalue weighted by atomic mass is 10.2. The molecule has 0 aliphatic carbocycles. The van der Waals surface area contributed by atoms with Crippen LogP contribution in [0.3, 0.4) is 0 Å². The summed E-state index contributed by atoms with van der Waals surface area (Å²) in [5.74, 6) is -0.865. The van der Waals surface area contributed by atoms with Crippen LogP contribution in [0.15, 0.2) is 47.4 Å². The van der Waals surface area contributed by atoms with E-state index in [0.717, 1.165) is 11.8 Å². The second-order valence-corrected chi connectivity index (χ2v) is 7.13. The molecule has 1 fully saturated rings. The number of carbonyl (C=O) groups excluding carboxylic acids is 1. The molecule has 0 radical (unpaired) electrons. The van der Waals surface area contributed by atoms with Gasteiger partial charge in [-0.1, -0.05) is 65.4 Å². The normalized spacial score (nSPS) is 16.5. The number of anilines is 1. The van der Waals surface area contributed by atoms with E-state index in [1.165, 1.54) is 17.0 Å². The highest BCUT2D eigenvalue weighted by atomic mass is 35.5. The van der Waals surface area contributed by atoms with Gasteiger partial charge in [-0.3, -0.25) is 9.69 Å². The van der Waals surface area contributed by atoms with Crippen molar-refractivity contribution in [2.45, 2.75) is 0 Å². The van der Waals surface area contributed by atoms with Crippen molar-refractivity contribution in [3.05, 3.63) is 68.8 Å². The van der Waals surface area contributed by atoms with Crippen molar-refractivity contribution in [1.82, 2.24) is 0 Å². The highest BCUT2D eigenvalue weighted by Gasteiger charge is 2.34. The SMILES string of the molecule is O=C1/C(=C\c2ccc(Cl)c(Cl)c2)SC(=S)N1c1ccccc1F. The van der Waals surface area contributed by atoms with Gasteiger partial charge >= 0.3 is 0 Å². The van der Waals surface area contributed by atoms with Crippen molar-refractivity contribution >= 4 is 69.2 Å². The van der Waals surface area contributed by atoms with Crippen molar-refractivity contribution in [3.63, 3.8) is 0 Å². The Morgan fingerprint density at radius 1 is 1.13 bits per heavy atom. The smallest absolute Gasteiger partial charge is 0.268 e. The lowest BCUT2D eigenvalue weighted by Gasteiger charge is -2.14. The molecule has 2 aromatic carbocycles. The fraction of sp³-hybridized carbons (Fsp3) is 0. The summed E-state index contributed by atoms with van der Waals surface area (Å²) in [6, 6.07) is 11.1. The summed E-state index contributed by atoms with van der Waals surface area (Å²) in [4.78, 5) is 14.1. The molecule has 3 rings (SSSR count). The van der Waals surface area contributed by atoms with E-state index in [0.29, 0.717) is 20.5 Å². The number of thioether (sulfide) groups is 1. The predicted octanol–water partition coefficient (Wildman–Crippen LogP) is 5.54. The Labute approximate surface area is 151 Å². The van der Waals surface area contributed by atoms with E-state index in [9.17, 15) is 9.18 Å². The highest BCUT2D eigenvalue weighted by Crippen LogP contribution is 2.37. The quantitative estimate of drug-likeness (QED) is 0.501. The van der Waals surface area contributed by atoms with Crippen molar-refractivity contribution in [1.29, 1.82) is 0 Å². The number of nitrogens with zero attached hydrogens (tertiary/aromatic N) is 1. The number of halogens is 3. The molecule has 0 aromatic heterocycles. The Hall–Kier alpha value is -1.40. The van der Waals surface area contributed by atoms with E-state index in [1.807, 2.05) is 0 Å². The average molecular weight is 384 g/mol. The third kappa shape index (κ3) is 3.28. The molecule has 23 heavy (non-hydrogen) atoms. The molecule has 0 saturated carbocycles. The molecule has 1 saturated heterocycles. The minimum absolute atomic E-state index is 0.146. The molecule has 0 N–H and O–H groups in total. The van der Waals surface area contributed by atoms with Crippen LogP contribution in [0.4, 0.5) is 10.1 Å². The van der Waals surface area contributed by atoms with Crippen LogP contribution in [0.1, 0.15) is 5.56 Å². The number of carbonyl (C=O) groups is 1. The summed E-state index contributed by atoms with van der Waals surface area (Å²) in [6.45, 7) is 0. The number of hydrogen-bond acceptors (Lipinski definition) is 3. The van der Waals surface area contributed by atoms with Crippen molar-refractivity contribution in [2.75, 3.05) is 4.90 Å². The van der Waals surface area contributed by atoms with Gasteiger partial charge in [0, 0.05) is 0 Å². The highest BCUT2D eigenvalue weighted by molar-refractivity contribution is 8.27. The topological polar surface area (TPSA) is 20.3 Å². The van der Waals surface area contributed by atoms with E-state index in [1.54, 1.807) is 36.4 Å². The van der Waals surface area contributed by atoms with Gasteiger partial charge in [-0.25, -0.2) is 4.39 Å². The zero-order valence-electron chi connectivity index (χ0n) is 11.4. The number of benzene rings is 2. The summed E-state index contributed by atoms with van der Waals surface area (Å²) >= 11 is 18.2. The fourth-order valence-corrected chi connectivity index (χ4v) is 3.65. The van der Waals surface area contributed by atoms with Crippen LogP contribution in [0.2, 0.25) is 10.0 Å².